The molecule has 0 bridgehead atoms. The molecule has 0 aromatic heterocycles. The van der Waals surface area contributed by atoms with Crippen LogP contribution in [0.4, 0.5) is 0 Å². The minimum absolute atomic E-state index is 0.396. The fourth-order valence-corrected chi connectivity index (χ4v) is 2.96. The standard InChI is InChI=1S/C11H21BN2/c1-8-13-10-9(14(8)3)6-4-5-7-11(10,2)12/h9-10H,4-7,12H2,1-3H3. The van der Waals surface area contributed by atoms with Crippen LogP contribution in [0.2, 0.25) is 5.31 Å². The van der Waals surface area contributed by atoms with Crippen molar-refractivity contribution in [2.75, 3.05) is 7.05 Å². The van der Waals surface area contributed by atoms with E-state index in [0.29, 0.717) is 17.4 Å². The van der Waals surface area contributed by atoms with Gasteiger partial charge in [0.2, 0.25) is 0 Å². The fraction of sp³-hybridized carbons (Fsp3) is 0.909. The molecule has 14 heavy (non-hydrogen) atoms. The first-order chi connectivity index (χ1) is 6.52. The van der Waals surface area contributed by atoms with Crippen LogP contribution in [0.3, 0.4) is 0 Å². The first-order valence-corrected chi connectivity index (χ1v) is 5.79. The molecule has 0 amide bonds. The quantitative estimate of drug-likeness (QED) is 0.530. The molecule has 1 aliphatic heterocycles. The van der Waals surface area contributed by atoms with E-state index < -0.39 is 0 Å². The molecule has 3 heteroatoms. The zero-order valence-electron chi connectivity index (χ0n) is 9.88. The Balaban J connectivity index is 2.28. The zero-order valence-corrected chi connectivity index (χ0v) is 9.88. The highest BCUT2D eigenvalue weighted by atomic mass is 15.3. The molecule has 0 saturated heterocycles. The molecule has 3 atom stereocenters. The van der Waals surface area contributed by atoms with Crippen molar-refractivity contribution in [3.63, 3.8) is 0 Å². The second kappa shape index (κ2) is 3.28. The van der Waals surface area contributed by atoms with E-state index in [4.69, 9.17) is 4.99 Å². The zero-order chi connectivity index (χ0) is 10.3. The van der Waals surface area contributed by atoms with Crippen molar-refractivity contribution >= 4 is 13.7 Å². The van der Waals surface area contributed by atoms with Crippen molar-refractivity contribution in [3.8, 4) is 0 Å². The van der Waals surface area contributed by atoms with Crippen molar-refractivity contribution in [3.05, 3.63) is 0 Å². The van der Waals surface area contributed by atoms with Gasteiger partial charge in [-0.05, 0) is 18.7 Å². The van der Waals surface area contributed by atoms with Gasteiger partial charge in [0.15, 0.2) is 0 Å². The number of fused-ring (bicyclic) bond motifs is 1. The third-order valence-electron chi connectivity index (χ3n) is 4.07. The van der Waals surface area contributed by atoms with Crippen molar-refractivity contribution in [1.82, 2.24) is 4.90 Å². The van der Waals surface area contributed by atoms with Gasteiger partial charge in [-0.3, -0.25) is 4.99 Å². The van der Waals surface area contributed by atoms with E-state index >= 15 is 0 Å². The molecule has 1 aliphatic carbocycles. The van der Waals surface area contributed by atoms with Gasteiger partial charge >= 0.3 is 0 Å². The summed E-state index contributed by atoms with van der Waals surface area (Å²) in [7, 11) is 4.58. The van der Waals surface area contributed by atoms with Crippen molar-refractivity contribution in [1.29, 1.82) is 0 Å². The lowest BCUT2D eigenvalue weighted by atomic mass is 9.62. The van der Waals surface area contributed by atoms with Gasteiger partial charge in [0.25, 0.3) is 0 Å². The highest BCUT2D eigenvalue weighted by Gasteiger charge is 2.42. The summed E-state index contributed by atoms with van der Waals surface area (Å²) in [6, 6.07) is 1.21. The van der Waals surface area contributed by atoms with Gasteiger partial charge < -0.3 is 4.90 Å². The van der Waals surface area contributed by atoms with Crippen LogP contribution in [0.5, 0.6) is 0 Å². The van der Waals surface area contributed by atoms with E-state index in [1.54, 1.807) is 0 Å². The Morgan fingerprint density at radius 1 is 1.50 bits per heavy atom. The molecule has 2 aliphatic rings. The summed E-state index contributed by atoms with van der Waals surface area (Å²) in [6.07, 6.45) is 5.41. The third kappa shape index (κ3) is 1.47. The molecule has 78 valence electrons. The maximum Gasteiger partial charge on any atom is 0.112 e. The van der Waals surface area contributed by atoms with Gasteiger partial charge in [0, 0.05) is 7.05 Å². The topological polar surface area (TPSA) is 15.6 Å². The lowest BCUT2D eigenvalue weighted by Gasteiger charge is -2.33. The van der Waals surface area contributed by atoms with Crippen molar-refractivity contribution in [2.45, 2.75) is 56.9 Å². The first-order valence-electron chi connectivity index (χ1n) is 5.79. The summed E-state index contributed by atoms with van der Waals surface area (Å²) >= 11 is 0. The normalized spacial score (nSPS) is 43.1. The van der Waals surface area contributed by atoms with E-state index in [9.17, 15) is 0 Å². The van der Waals surface area contributed by atoms with Crippen LogP contribution in [0.25, 0.3) is 0 Å². The van der Waals surface area contributed by atoms with Gasteiger partial charge in [-0.15, -0.1) is 0 Å². The van der Waals surface area contributed by atoms with E-state index in [-0.39, 0.29) is 0 Å². The Morgan fingerprint density at radius 3 is 2.93 bits per heavy atom. The van der Waals surface area contributed by atoms with Crippen molar-refractivity contribution in [2.24, 2.45) is 4.99 Å². The second-order valence-corrected chi connectivity index (χ2v) is 5.53. The molecule has 0 radical (unpaired) electrons. The Hall–Kier alpha value is -0.465. The summed E-state index contributed by atoms with van der Waals surface area (Å²) < 4.78 is 0. The molecule has 3 unspecified atom stereocenters. The number of nitrogens with zero attached hydrogens (tertiary/aromatic N) is 2. The SMILES string of the molecule is BC1(C)CCCCC2C1N=C(C)N2C. The summed E-state index contributed by atoms with van der Waals surface area (Å²) in [5, 5.41) is 0.396. The number of hydrogen-bond donors (Lipinski definition) is 0. The highest BCUT2D eigenvalue weighted by molar-refractivity contribution is 6.15. The molecule has 1 heterocycles. The first kappa shape index (κ1) is 10.1. The molecule has 0 aromatic rings. The van der Waals surface area contributed by atoms with E-state index in [2.05, 4.69) is 33.6 Å². The molecule has 2 nitrogen and oxygen atoms in total. The number of amidine groups is 1. The molecule has 1 saturated carbocycles. The monoisotopic (exact) mass is 192 g/mol. The molecular weight excluding hydrogens is 171 g/mol. The Bertz CT molecular complexity index is 260. The predicted molar refractivity (Wildman–Crippen MR) is 63.8 cm³/mol. The Morgan fingerprint density at radius 2 is 2.21 bits per heavy atom. The van der Waals surface area contributed by atoms with Crippen LogP contribution in [0, 0.1) is 0 Å². The second-order valence-electron chi connectivity index (χ2n) is 5.53. The molecule has 0 N–H and O–H groups in total. The lowest BCUT2D eigenvalue weighted by Crippen LogP contribution is -2.39. The van der Waals surface area contributed by atoms with Gasteiger partial charge in [-0.25, -0.2) is 0 Å². The summed E-state index contributed by atoms with van der Waals surface area (Å²) in [5.74, 6) is 1.23. The highest BCUT2D eigenvalue weighted by Crippen LogP contribution is 2.43. The smallest absolute Gasteiger partial charge is 0.112 e. The Kier molecular flexibility index (Phi) is 2.36. The van der Waals surface area contributed by atoms with Crippen LogP contribution < -0.4 is 0 Å². The van der Waals surface area contributed by atoms with Crippen LogP contribution >= 0.6 is 0 Å². The summed E-state index contributed by atoms with van der Waals surface area (Å²) in [6.45, 7) is 4.52. The van der Waals surface area contributed by atoms with Gasteiger partial charge in [-0.2, -0.15) is 0 Å². The van der Waals surface area contributed by atoms with Crippen molar-refractivity contribution < 1.29 is 0 Å². The van der Waals surface area contributed by atoms with E-state index in [1.165, 1.54) is 31.5 Å². The van der Waals surface area contributed by atoms with Gasteiger partial charge in [0.05, 0.1) is 17.9 Å². The largest absolute Gasteiger partial charge is 0.359 e. The number of likely N-dealkylation sites (N-methyl/N-ethyl adjacent to an activating group) is 1. The maximum absolute atomic E-state index is 4.85. The third-order valence-corrected chi connectivity index (χ3v) is 4.07. The van der Waals surface area contributed by atoms with Gasteiger partial charge in [-0.1, -0.05) is 26.2 Å². The average Bonchev–Trinajstić information content (AvgIpc) is 2.30. The number of aliphatic imine (C=N–C) groups is 1. The lowest BCUT2D eigenvalue weighted by molar-refractivity contribution is 0.305. The molecule has 0 spiro atoms. The van der Waals surface area contributed by atoms with E-state index in [0.717, 1.165) is 0 Å². The number of hydrogen-bond acceptors (Lipinski definition) is 2. The number of rotatable bonds is 0. The molecule has 1 fully saturated rings. The molecule has 2 rings (SSSR count). The fourth-order valence-electron chi connectivity index (χ4n) is 2.96. The maximum atomic E-state index is 4.85. The van der Waals surface area contributed by atoms with Crippen LogP contribution in [0.15, 0.2) is 4.99 Å². The average molecular weight is 192 g/mol. The van der Waals surface area contributed by atoms with Crippen LogP contribution in [-0.4, -0.2) is 37.7 Å². The summed E-state index contributed by atoms with van der Waals surface area (Å²) in [5.41, 5.74) is 0. The summed E-state index contributed by atoms with van der Waals surface area (Å²) in [4.78, 5) is 7.23. The van der Waals surface area contributed by atoms with E-state index in [1.807, 2.05) is 0 Å². The minimum Gasteiger partial charge on any atom is -0.359 e. The van der Waals surface area contributed by atoms with Gasteiger partial charge in [0.1, 0.15) is 7.85 Å². The molecule has 0 aromatic carbocycles. The Labute approximate surface area is 88.2 Å². The van der Waals surface area contributed by atoms with Crippen LogP contribution in [-0.2, 0) is 0 Å². The molecular formula is C11H21BN2. The predicted octanol–water partition coefficient (Wildman–Crippen LogP) is 1.47. The minimum atomic E-state index is 0.396. The van der Waals surface area contributed by atoms with Crippen LogP contribution in [0.1, 0.15) is 39.5 Å².